The molecule has 4 heterocycles. The van der Waals surface area contributed by atoms with Crippen molar-refractivity contribution in [2.75, 3.05) is 49.1 Å². The first-order valence-corrected chi connectivity index (χ1v) is 10.7. The second kappa shape index (κ2) is 7.08. The van der Waals surface area contributed by atoms with Crippen LogP contribution in [0.4, 0.5) is 11.5 Å². The van der Waals surface area contributed by atoms with Crippen LogP contribution in [0.25, 0.3) is 0 Å². The largest absolute Gasteiger partial charge is 0.367 e. The SMILES string of the molecule is Cc1noc(C)c1S(=O)(=O)N1CCN(c2cnnc(N3CCCC3)c2)CC1. The molecule has 0 amide bonds. The van der Waals surface area contributed by atoms with E-state index in [0.29, 0.717) is 37.6 Å². The Balaban J connectivity index is 1.47. The number of rotatable bonds is 4. The number of aromatic nitrogens is 3. The molecule has 4 rings (SSSR count). The van der Waals surface area contributed by atoms with Gasteiger partial charge >= 0.3 is 0 Å². The monoisotopic (exact) mass is 392 g/mol. The molecule has 146 valence electrons. The Kier molecular flexibility index (Phi) is 4.77. The predicted molar refractivity (Wildman–Crippen MR) is 100 cm³/mol. The maximum Gasteiger partial charge on any atom is 0.248 e. The third-order valence-electron chi connectivity index (χ3n) is 5.23. The van der Waals surface area contributed by atoms with Gasteiger partial charge in [-0.25, -0.2) is 8.42 Å². The number of nitrogens with zero attached hydrogens (tertiary/aromatic N) is 6. The van der Waals surface area contributed by atoms with E-state index in [1.165, 1.54) is 17.1 Å². The maximum atomic E-state index is 12.9. The lowest BCUT2D eigenvalue weighted by molar-refractivity contribution is 0.378. The van der Waals surface area contributed by atoms with Crippen LogP contribution < -0.4 is 9.80 Å². The molecule has 0 bridgehead atoms. The third-order valence-corrected chi connectivity index (χ3v) is 7.37. The summed E-state index contributed by atoms with van der Waals surface area (Å²) in [6.07, 6.45) is 4.12. The second-order valence-electron chi connectivity index (χ2n) is 7.01. The van der Waals surface area contributed by atoms with Crippen molar-refractivity contribution in [3.8, 4) is 0 Å². The lowest BCUT2D eigenvalue weighted by atomic mass is 10.3. The Morgan fingerprint density at radius 2 is 1.70 bits per heavy atom. The molecule has 2 aliphatic rings. The smallest absolute Gasteiger partial charge is 0.248 e. The number of sulfonamides is 1. The zero-order valence-electron chi connectivity index (χ0n) is 15.6. The fourth-order valence-corrected chi connectivity index (χ4v) is 5.49. The van der Waals surface area contributed by atoms with Crippen LogP contribution in [0, 0.1) is 13.8 Å². The molecule has 0 spiro atoms. The van der Waals surface area contributed by atoms with E-state index in [2.05, 4.69) is 31.2 Å². The highest BCUT2D eigenvalue weighted by Gasteiger charge is 2.33. The zero-order valence-corrected chi connectivity index (χ0v) is 16.4. The van der Waals surface area contributed by atoms with Crippen molar-refractivity contribution in [1.82, 2.24) is 19.7 Å². The van der Waals surface area contributed by atoms with Crippen LogP contribution in [0.15, 0.2) is 21.7 Å². The second-order valence-corrected chi connectivity index (χ2v) is 8.89. The summed E-state index contributed by atoms with van der Waals surface area (Å²) in [5, 5.41) is 12.2. The molecule has 2 aromatic heterocycles. The minimum absolute atomic E-state index is 0.192. The van der Waals surface area contributed by atoms with Gasteiger partial charge in [0.15, 0.2) is 11.6 Å². The molecular weight excluding hydrogens is 368 g/mol. The molecule has 0 N–H and O–H groups in total. The predicted octanol–water partition coefficient (Wildman–Crippen LogP) is 1.19. The van der Waals surface area contributed by atoms with E-state index in [1.807, 2.05) is 0 Å². The first-order valence-electron chi connectivity index (χ1n) is 9.22. The van der Waals surface area contributed by atoms with E-state index in [-0.39, 0.29) is 4.90 Å². The highest BCUT2D eigenvalue weighted by atomic mass is 32.2. The molecule has 2 aliphatic heterocycles. The van der Waals surface area contributed by atoms with Crippen molar-refractivity contribution in [3.63, 3.8) is 0 Å². The van der Waals surface area contributed by atoms with Gasteiger partial charge in [-0.2, -0.15) is 9.40 Å². The molecule has 0 aromatic carbocycles. The topological polar surface area (TPSA) is 95.7 Å². The Morgan fingerprint density at radius 1 is 1.00 bits per heavy atom. The van der Waals surface area contributed by atoms with E-state index in [9.17, 15) is 8.42 Å². The fraction of sp³-hybridized carbons (Fsp3) is 0.588. The molecule has 9 nitrogen and oxygen atoms in total. The first kappa shape index (κ1) is 18.2. The molecule has 0 unspecified atom stereocenters. The lowest BCUT2D eigenvalue weighted by Crippen LogP contribution is -2.48. The number of piperazine rings is 1. The van der Waals surface area contributed by atoms with Gasteiger partial charge < -0.3 is 14.3 Å². The van der Waals surface area contributed by atoms with E-state index in [1.54, 1.807) is 20.0 Å². The summed E-state index contributed by atoms with van der Waals surface area (Å²) in [6.45, 7) is 7.35. The summed E-state index contributed by atoms with van der Waals surface area (Å²) < 4.78 is 32.4. The van der Waals surface area contributed by atoms with Crippen molar-refractivity contribution in [2.45, 2.75) is 31.6 Å². The van der Waals surface area contributed by atoms with Gasteiger partial charge in [-0.05, 0) is 26.7 Å². The van der Waals surface area contributed by atoms with Gasteiger partial charge in [0.1, 0.15) is 10.6 Å². The third kappa shape index (κ3) is 3.39. The van der Waals surface area contributed by atoms with Gasteiger partial charge in [-0.1, -0.05) is 5.16 Å². The minimum Gasteiger partial charge on any atom is -0.367 e. The van der Waals surface area contributed by atoms with Gasteiger partial charge in [0, 0.05) is 45.3 Å². The number of anilines is 2. The maximum absolute atomic E-state index is 12.9. The van der Waals surface area contributed by atoms with Crippen molar-refractivity contribution in [2.24, 2.45) is 0 Å². The van der Waals surface area contributed by atoms with Gasteiger partial charge in [0.2, 0.25) is 10.0 Å². The van der Waals surface area contributed by atoms with E-state index < -0.39 is 10.0 Å². The Morgan fingerprint density at radius 3 is 2.33 bits per heavy atom. The molecular formula is C17H24N6O3S. The fourth-order valence-electron chi connectivity index (χ4n) is 3.78. The van der Waals surface area contributed by atoms with Crippen LogP contribution in [0.3, 0.4) is 0 Å². The number of hydrogen-bond donors (Lipinski definition) is 0. The van der Waals surface area contributed by atoms with Crippen LogP contribution >= 0.6 is 0 Å². The summed E-state index contributed by atoms with van der Waals surface area (Å²) in [7, 11) is -3.59. The van der Waals surface area contributed by atoms with E-state index in [0.717, 1.165) is 24.6 Å². The Hall–Kier alpha value is -2.20. The van der Waals surface area contributed by atoms with Gasteiger partial charge in [0.05, 0.1) is 11.9 Å². The van der Waals surface area contributed by atoms with E-state index >= 15 is 0 Å². The highest BCUT2D eigenvalue weighted by molar-refractivity contribution is 7.89. The van der Waals surface area contributed by atoms with Crippen LogP contribution in [-0.4, -0.2) is 67.3 Å². The summed E-state index contributed by atoms with van der Waals surface area (Å²) in [5.41, 5.74) is 1.39. The van der Waals surface area contributed by atoms with Crippen LogP contribution in [-0.2, 0) is 10.0 Å². The average molecular weight is 392 g/mol. The van der Waals surface area contributed by atoms with E-state index in [4.69, 9.17) is 4.52 Å². The summed E-state index contributed by atoms with van der Waals surface area (Å²) in [4.78, 5) is 4.60. The summed E-state index contributed by atoms with van der Waals surface area (Å²) in [5.74, 6) is 1.24. The lowest BCUT2D eigenvalue weighted by Gasteiger charge is -2.35. The molecule has 0 aliphatic carbocycles. The quantitative estimate of drug-likeness (QED) is 0.766. The molecule has 0 saturated carbocycles. The molecule has 2 aromatic rings. The highest BCUT2D eigenvalue weighted by Crippen LogP contribution is 2.26. The Labute approximate surface area is 159 Å². The summed E-state index contributed by atoms with van der Waals surface area (Å²) >= 11 is 0. The van der Waals surface area contributed by atoms with Crippen LogP contribution in [0.5, 0.6) is 0 Å². The Bertz CT molecular complexity index is 895. The molecule has 10 heteroatoms. The number of aryl methyl sites for hydroxylation is 2. The van der Waals surface area contributed by atoms with Crippen molar-refractivity contribution in [3.05, 3.63) is 23.7 Å². The van der Waals surface area contributed by atoms with Crippen molar-refractivity contribution < 1.29 is 12.9 Å². The van der Waals surface area contributed by atoms with Crippen LogP contribution in [0.2, 0.25) is 0 Å². The molecule has 27 heavy (non-hydrogen) atoms. The molecule has 0 radical (unpaired) electrons. The van der Waals surface area contributed by atoms with Crippen molar-refractivity contribution in [1.29, 1.82) is 0 Å². The molecule has 0 atom stereocenters. The standard InChI is InChI=1S/C17H24N6O3S/c1-13-17(14(2)26-20-13)27(24,25)23-9-7-21(8-10-23)15-11-16(19-18-12-15)22-5-3-4-6-22/h11-12H,3-10H2,1-2H3. The van der Waals surface area contributed by atoms with Gasteiger partial charge in [-0.3, -0.25) is 0 Å². The van der Waals surface area contributed by atoms with Crippen molar-refractivity contribution >= 4 is 21.5 Å². The minimum atomic E-state index is -3.59. The first-order chi connectivity index (χ1) is 13.0. The number of hydrogen-bond acceptors (Lipinski definition) is 8. The summed E-state index contributed by atoms with van der Waals surface area (Å²) in [6, 6.07) is 2.05. The average Bonchev–Trinajstić information content (AvgIpc) is 3.32. The molecule has 2 fully saturated rings. The zero-order chi connectivity index (χ0) is 19.0. The normalized spacial score (nSPS) is 19.0. The molecule has 2 saturated heterocycles. The van der Waals surface area contributed by atoms with Gasteiger partial charge in [-0.15, -0.1) is 5.10 Å². The van der Waals surface area contributed by atoms with Gasteiger partial charge in [0.25, 0.3) is 0 Å². The van der Waals surface area contributed by atoms with Crippen LogP contribution in [0.1, 0.15) is 24.3 Å².